The largest absolute Gasteiger partial charge is 1.00 e. The van der Waals surface area contributed by atoms with E-state index in [0.29, 0.717) is 16.2 Å². The Morgan fingerprint density at radius 2 is 0.931 bits per heavy atom. The Morgan fingerprint density at radius 3 is 1.28 bits per heavy atom. The second-order valence-electron chi connectivity index (χ2n) is 6.09. The molecular weight excluding hydrogens is 455 g/mol. The predicted octanol–water partition coefficient (Wildman–Crippen LogP) is -0.559. The molecule has 0 aromatic heterocycles. The average molecular weight is 466 g/mol. The summed E-state index contributed by atoms with van der Waals surface area (Å²) in [4.78, 5) is -4.26. The van der Waals surface area contributed by atoms with E-state index in [2.05, 4.69) is 0 Å². The fourth-order valence-electron chi connectivity index (χ4n) is 3.56. The summed E-state index contributed by atoms with van der Waals surface area (Å²) in [7, 11) is -16.2. The number of hydrogen-bond donors (Lipinski definition) is 3. The molecule has 0 aliphatic carbocycles. The fraction of sp³-hybridized carbons (Fsp3) is 0. The van der Waals surface area contributed by atoms with Gasteiger partial charge in [-0.3, -0.25) is 13.7 Å². The Bertz CT molecular complexity index is 1530. The van der Waals surface area contributed by atoms with Gasteiger partial charge in [0.25, 0.3) is 30.4 Å². The Hall–Kier alpha value is -1.35. The van der Waals surface area contributed by atoms with E-state index < -0.39 is 45.0 Å². The van der Waals surface area contributed by atoms with Crippen LogP contribution in [0.4, 0.5) is 0 Å². The molecular formula is C16H11NaO9S3. The van der Waals surface area contributed by atoms with E-state index in [1.165, 1.54) is 24.3 Å². The minimum Gasteiger partial charge on any atom is -1.00 e. The van der Waals surface area contributed by atoms with Crippen molar-refractivity contribution in [2.45, 2.75) is 14.7 Å². The molecule has 0 saturated carbocycles. The normalized spacial score (nSPS) is 13.2. The van der Waals surface area contributed by atoms with Gasteiger partial charge in [-0.15, -0.1) is 0 Å². The first-order chi connectivity index (χ1) is 12.8. The summed E-state index contributed by atoms with van der Waals surface area (Å²) in [5.41, 5.74) is 0. The summed E-state index contributed by atoms with van der Waals surface area (Å²) in [6, 6.07) is 10.3. The summed E-state index contributed by atoms with van der Waals surface area (Å²) in [6.07, 6.45) is 0. The molecule has 0 radical (unpaired) electrons. The fourth-order valence-corrected chi connectivity index (χ4v) is 7.14. The molecule has 4 aromatic rings. The molecule has 0 amide bonds. The molecule has 0 spiro atoms. The number of hydrogen-bond acceptors (Lipinski definition) is 6. The van der Waals surface area contributed by atoms with Gasteiger partial charge in [0.05, 0.1) is 0 Å². The molecule has 4 aromatic carbocycles. The van der Waals surface area contributed by atoms with Gasteiger partial charge in [0.1, 0.15) is 14.7 Å². The van der Waals surface area contributed by atoms with Crippen LogP contribution in [0, 0.1) is 0 Å². The molecule has 0 aliphatic heterocycles. The molecule has 0 heterocycles. The van der Waals surface area contributed by atoms with Gasteiger partial charge in [-0.05, 0) is 16.2 Å². The van der Waals surface area contributed by atoms with E-state index in [9.17, 15) is 38.9 Å². The van der Waals surface area contributed by atoms with Crippen LogP contribution in [-0.2, 0) is 30.4 Å². The second kappa shape index (κ2) is 6.83. The molecule has 0 saturated heterocycles. The third-order valence-electron chi connectivity index (χ3n) is 4.45. The summed E-state index contributed by atoms with van der Waals surface area (Å²) in [5.74, 6) is 0. The third-order valence-corrected chi connectivity index (χ3v) is 7.51. The number of benzene rings is 4. The van der Waals surface area contributed by atoms with Crippen LogP contribution in [0.3, 0.4) is 0 Å². The van der Waals surface area contributed by atoms with Crippen molar-refractivity contribution in [1.29, 1.82) is 0 Å². The molecule has 0 fully saturated rings. The van der Waals surface area contributed by atoms with Gasteiger partial charge in [-0.2, -0.15) is 25.3 Å². The van der Waals surface area contributed by atoms with Crippen molar-refractivity contribution in [2.24, 2.45) is 0 Å². The zero-order chi connectivity index (χ0) is 20.6. The topological polar surface area (TPSA) is 163 Å². The van der Waals surface area contributed by atoms with E-state index in [-0.39, 0.29) is 47.1 Å². The Labute approximate surface area is 188 Å². The summed E-state index contributed by atoms with van der Waals surface area (Å²) in [5, 5.41) is 0.927. The molecule has 0 bridgehead atoms. The molecule has 148 valence electrons. The van der Waals surface area contributed by atoms with E-state index in [0.717, 1.165) is 0 Å². The van der Waals surface area contributed by atoms with Crippen molar-refractivity contribution < 1.29 is 69.9 Å². The smallest absolute Gasteiger partial charge is 1.00 e. The zero-order valence-electron chi connectivity index (χ0n) is 15.6. The Balaban J connectivity index is 0.00000160. The number of rotatable bonds is 3. The predicted molar refractivity (Wildman–Crippen MR) is 101 cm³/mol. The molecule has 9 nitrogen and oxygen atoms in total. The monoisotopic (exact) mass is 466 g/mol. The van der Waals surface area contributed by atoms with Gasteiger partial charge in [-0.25, -0.2) is 0 Å². The van der Waals surface area contributed by atoms with Crippen LogP contribution in [0.1, 0.15) is 1.43 Å². The molecule has 3 N–H and O–H groups in total. The molecule has 0 aliphatic rings. The van der Waals surface area contributed by atoms with E-state index in [1.807, 2.05) is 0 Å². The first-order valence-corrected chi connectivity index (χ1v) is 11.8. The van der Waals surface area contributed by atoms with Gasteiger partial charge in [0, 0.05) is 16.2 Å². The molecule has 0 unspecified atom stereocenters. The second-order valence-corrected chi connectivity index (χ2v) is 10.2. The van der Waals surface area contributed by atoms with Gasteiger partial charge >= 0.3 is 29.6 Å². The van der Waals surface area contributed by atoms with Gasteiger partial charge in [-0.1, -0.05) is 42.5 Å². The van der Waals surface area contributed by atoms with Gasteiger partial charge in [0.15, 0.2) is 0 Å². The van der Waals surface area contributed by atoms with Gasteiger partial charge in [0.2, 0.25) is 0 Å². The van der Waals surface area contributed by atoms with Crippen molar-refractivity contribution in [3.63, 3.8) is 0 Å². The molecule has 4 rings (SSSR count). The molecule has 29 heavy (non-hydrogen) atoms. The minimum atomic E-state index is -5.50. The first-order valence-electron chi connectivity index (χ1n) is 7.48. The summed E-state index contributed by atoms with van der Waals surface area (Å²) in [6.45, 7) is 0. The van der Waals surface area contributed by atoms with Crippen molar-refractivity contribution in [1.82, 2.24) is 0 Å². The van der Waals surface area contributed by atoms with Crippen LogP contribution in [0.5, 0.6) is 0 Å². The van der Waals surface area contributed by atoms with Crippen LogP contribution in [0.15, 0.2) is 57.2 Å². The molecule has 0 atom stereocenters. The standard InChI is InChI=1S/C16H10O9S3.Na.H/c17-26(18,19)14-10-6-4-8-2-1-3-9-5-7-11(13(10)12(8)9)15(27(20,21)22)16(14)28(23,24)25;;/h1-7H,(H,17,18,19)(H,20,21,22)(H,23,24,25);;/q;+1;-1. The molecule has 13 heteroatoms. The third kappa shape index (κ3) is 3.44. The Morgan fingerprint density at radius 1 is 0.552 bits per heavy atom. The quantitative estimate of drug-likeness (QED) is 0.204. The minimum absolute atomic E-state index is 0. The van der Waals surface area contributed by atoms with Crippen molar-refractivity contribution in [2.75, 3.05) is 0 Å². The van der Waals surface area contributed by atoms with Crippen LogP contribution < -0.4 is 29.6 Å². The van der Waals surface area contributed by atoms with Crippen LogP contribution in [0.25, 0.3) is 32.3 Å². The van der Waals surface area contributed by atoms with Crippen molar-refractivity contribution >= 4 is 62.7 Å². The summed E-state index contributed by atoms with van der Waals surface area (Å²) >= 11 is 0. The van der Waals surface area contributed by atoms with E-state index in [1.54, 1.807) is 18.2 Å². The van der Waals surface area contributed by atoms with Crippen molar-refractivity contribution in [3.8, 4) is 0 Å². The van der Waals surface area contributed by atoms with Gasteiger partial charge < -0.3 is 1.43 Å². The summed E-state index contributed by atoms with van der Waals surface area (Å²) < 4.78 is 101. The maximum Gasteiger partial charge on any atom is 1.00 e. The van der Waals surface area contributed by atoms with Crippen LogP contribution >= 0.6 is 0 Å². The zero-order valence-corrected chi connectivity index (χ0v) is 19.0. The average Bonchev–Trinajstić information content (AvgIpc) is 2.55. The van der Waals surface area contributed by atoms with Crippen molar-refractivity contribution in [3.05, 3.63) is 42.5 Å². The van der Waals surface area contributed by atoms with E-state index >= 15 is 0 Å². The Kier molecular flexibility index (Phi) is 5.26. The first kappa shape index (κ1) is 22.3. The maximum atomic E-state index is 12.0. The maximum absolute atomic E-state index is 12.0. The van der Waals surface area contributed by atoms with Crippen LogP contribution in [0.2, 0.25) is 0 Å². The van der Waals surface area contributed by atoms with E-state index in [4.69, 9.17) is 0 Å². The SMILES string of the molecule is O=S(=O)(O)c1c(S(=O)(=O)O)c2ccc3cccc4ccc(c1S(=O)(=O)O)c2c34.[H-].[Na+]. The van der Waals surface area contributed by atoms with Crippen LogP contribution in [-0.4, -0.2) is 38.9 Å².